The number of sulfonamides is 2. The zero-order valence-electron chi connectivity index (χ0n) is 73.1. The van der Waals surface area contributed by atoms with Gasteiger partial charge in [0.1, 0.15) is 67.9 Å². The van der Waals surface area contributed by atoms with Crippen molar-refractivity contribution in [2.75, 3.05) is 165 Å². The minimum Gasteiger partial charge on any atom is -0.352 e. The highest BCUT2D eigenvalue weighted by Gasteiger charge is 2.36. The van der Waals surface area contributed by atoms with Crippen LogP contribution in [0.2, 0.25) is 15.1 Å². The van der Waals surface area contributed by atoms with E-state index in [1.807, 2.05) is 49.9 Å². The summed E-state index contributed by atoms with van der Waals surface area (Å²) in [4.78, 5) is 105. The molecule has 134 heavy (non-hydrogen) atoms. The molecule has 16 rings (SSSR count). The summed E-state index contributed by atoms with van der Waals surface area (Å²) < 4.78 is 188. The number of amides is 4. The van der Waals surface area contributed by atoms with E-state index in [0.717, 1.165) is 111 Å². The molecule has 4 aliphatic rings. The zero-order valence-corrected chi connectivity index (χ0v) is 81.1. The van der Waals surface area contributed by atoms with Crippen LogP contribution in [0.3, 0.4) is 0 Å². The van der Waals surface area contributed by atoms with Crippen molar-refractivity contribution in [1.82, 2.24) is 59.5 Å². The van der Waals surface area contributed by atoms with Gasteiger partial charge in [-0.15, -0.1) is 45.3 Å². The Hall–Kier alpha value is -10.2. The lowest BCUT2D eigenvalue weighted by atomic mass is 10.1. The standard InChI is InChI=1S/C23H25ClF3N5O3S2.C22H23ClF3N5O3S2.C22H22ClF3N4O3S2.C20H22N4OS/c1-3-32(37(2,34)35)16-5-4-15(19(24)11-16)10-20(33)30-6-8-31(9-7-30)21-18-12-17(13-23(25,26)27)36-22(18)29-14-28-21;1-29(36(2,33)34)15-4-3-14(18(23)10-15)9-19(32)30-5-7-31(8-6-30)20-17-11-16(12-22(24,25)26)35-21(17)28-13-27-20;1-35(32,33)12-14-2-3-15(18(23)8-14)9-19(31)29-4-6-30(7-5-29)20-17-10-16(11-22(24,25)26)34-21(17)28-13-27-20;1-2-16-13-17-19(21-14-22-20(17)26-16)24-10-8-23(9-11-24)18(25)12-15-6-4-3-5-7-15/h4-5,11-12,14H,3,6-10,13H2,1-2H3;3-4,10-11,13H,5-9,12H2,1-2H3;2-3,8,10,13H,4-7,9,11-12H2,1H3;3-7,13-14H,2,8-12H2,1H3. The molecule has 0 spiro atoms. The molecule has 0 radical (unpaired) electrons. The van der Waals surface area contributed by atoms with Gasteiger partial charge in [-0.3, -0.25) is 27.8 Å². The number of hydrogen-bond acceptors (Lipinski definition) is 26. The maximum absolute atomic E-state index is 13.0. The first-order chi connectivity index (χ1) is 63.3. The molecule has 4 saturated heterocycles. The minimum atomic E-state index is -4.30. The molecular weight excluding hydrogens is 1960 g/mol. The number of aromatic nitrogens is 8. The van der Waals surface area contributed by atoms with Crippen molar-refractivity contribution < 1.29 is 83.9 Å². The maximum Gasteiger partial charge on any atom is 0.393 e. The second-order valence-corrected chi connectivity index (χ2v) is 43.9. The summed E-state index contributed by atoms with van der Waals surface area (Å²) in [6, 6.07) is 31.1. The van der Waals surface area contributed by atoms with Gasteiger partial charge in [0.25, 0.3) is 0 Å². The van der Waals surface area contributed by atoms with Crippen molar-refractivity contribution in [2.45, 2.75) is 89.5 Å². The summed E-state index contributed by atoms with van der Waals surface area (Å²) in [5.74, 6) is 2.40. The Balaban J connectivity index is 0.000000153. The summed E-state index contributed by atoms with van der Waals surface area (Å²) in [5, 5.41) is 3.82. The van der Waals surface area contributed by atoms with Crippen molar-refractivity contribution in [1.29, 1.82) is 0 Å². The summed E-state index contributed by atoms with van der Waals surface area (Å²) in [5.41, 5.74) is 4.26. The molecule has 8 aromatic heterocycles. The molecule has 716 valence electrons. The zero-order chi connectivity index (χ0) is 96.5. The number of carbonyl (C=O) groups excluding carboxylic acids is 4. The molecule has 0 unspecified atom stereocenters. The van der Waals surface area contributed by atoms with E-state index in [1.165, 1.54) is 59.5 Å². The summed E-state index contributed by atoms with van der Waals surface area (Å²) >= 11 is 23.7. The minimum absolute atomic E-state index is 0.0603. The number of piperazine rings is 4. The molecule has 47 heteroatoms. The Kier molecular flexibility index (Phi) is 32.5. The van der Waals surface area contributed by atoms with Crippen LogP contribution in [0, 0.1) is 0 Å². The Morgan fingerprint density at radius 3 is 0.978 bits per heavy atom. The molecule has 0 aliphatic carbocycles. The van der Waals surface area contributed by atoms with Gasteiger partial charge in [0.15, 0.2) is 9.84 Å². The van der Waals surface area contributed by atoms with E-state index in [9.17, 15) is 83.9 Å². The van der Waals surface area contributed by atoms with Gasteiger partial charge in [0, 0.05) is 159 Å². The van der Waals surface area contributed by atoms with Crippen LogP contribution in [-0.4, -0.2) is 264 Å². The second-order valence-electron chi connectivity index (χ2n) is 32.1. The highest BCUT2D eigenvalue weighted by molar-refractivity contribution is 7.92. The summed E-state index contributed by atoms with van der Waals surface area (Å²) in [7, 11) is -8.66. The van der Waals surface area contributed by atoms with Crippen LogP contribution < -0.4 is 28.2 Å². The van der Waals surface area contributed by atoms with Gasteiger partial charge in [0.05, 0.1) is 96.1 Å². The van der Waals surface area contributed by atoms with Crippen molar-refractivity contribution >= 4 is 209 Å². The van der Waals surface area contributed by atoms with E-state index < -0.39 is 67.7 Å². The van der Waals surface area contributed by atoms with Crippen LogP contribution in [0.25, 0.3) is 40.9 Å². The fourth-order valence-electron chi connectivity index (χ4n) is 15.6. The normalized spacial score (nSPS) is 14.9. The molecule has 4 amide bonds. The third kappa shape index (κ3) is 27.0. The Morgan fingerprint density at radius 1 is 0.373 bits per heavy atom. The first-order valence-electron chi connectivity index (χ1n) is 42.0. The van der Waals surface area contributed by atoms with Gasteiger partial charge in [0.2, 0.25) is 43.7 Å². The number of rotatable bonds is 23. The number of alkyl halides is 9. The summed E-state index contributed by atoms with van der Waals surface area (Å²) in [6.45, 7) is 12.6. The quantitative estimate of drug-likeness (QED) is 0.0537. The van der Waals surface area contributed by atoms with Crippen LogP contribution in [0.5, 0.6) is 0 Å². The van der Waals surface area contributed by atoms with Crippen molar-refractivity contribution in [3.63, 3.8) is 0 Å². The van der Waals surface area contributed by atoms with Crippen LogP contribution in [0.1, 0.15) is 61.2 Å². The predicted molar refractivity (Wildman–Crippen MR) is 509 cm³/mol. The largest absolute Gasteiger partial charge is 0.393 e. The van der Waals surface area contributed by atoms with Gasteiger partial charge in [-0.2, -0.15) is 39.5 Å². The van der Waals surface area contributed by atoms with Gasteiger partial charge in [-0.05, 0) is 95.8 Å². The number of hydrogen-bond donors (Lipinski definition) is 0. The Labute approximate surface area is 798 Å². The lowest BCUT2D eigenvalue weighted by Crippen LogP contribution is -2.49. The molecule has 0 bridgehead atoms. The number of aryl methyl sites for hydroxylation is 1. The van der Waals surface area contributed by atoms with Crippen molar-refractivity contribution in [3.8, 4) is 0 Å². The molecule has 4 aliphatic heterocycles. The van der Waals surface area contributed by atoms with E-state index in [2.05, 4.69) is 57.8 Å². The van der Waals surface area contributed by atoms with E-state index in [0.29, 0.717) is 182 Å². The number of nitrogens with zero attached hydrogens (tertiary/aromatic N) is 18. The molecule has 28 nitrogen and oxygen atoms in total. The Morgan fingerprint density at radius 2 is 0.679 bits per heavy atom. The molecular formula is C87H92Cl3F9N18O10S7. The third-order valence-electron chi connectivity index (χ3n) is 22.3. The lowest BCUT2D eigenvalue weighted by Gasteiger charge is -2.35. The van der Waals surface area contributed by atoms with Gasteiger partial charge < -0.3 is 39.2 Å². The smallest absolute Gasteiger partial charge is 0.352 e. The van der Waals surface area contributed by atoms with Crippen LogP contribution in [0.15, 0.2) is 135 Å². The average molecular weight is 2050 g/mol. The predicted octanol–water partition coefficient (Wildman–Crippen LogP) is 14.9. The fourth-order valence-corrected chi connectivity index (χ4v) is 22.6. The number of fused-ring (bicyclic) bond motifs is 4. The van der Waals surface area contributed by atoms with Gasteiger partial charge in [-0.25, -0.2) is 65.1 Å². The van der Waals surface area contributed by atoms with Crippen LogP contribution >= 0.6 is 80.1 Å². The van der Waals surface area contributed by atoms with Crippen LogP contribution in [-0.2, 0) is 106 Å². The number of carbonyl (C=O) groups is 4. The first kappa shape index (κ1) is 101. The molecule has 0 N–H and O–H groups in total. The highest BCUT2D eigenvalue weighted by atomic mass is 35.5. The van der Waals surface area contributed by atoms with E-state index in [1.54, 1.807) is 87.8 Å². The summed E-state index contributed by atoms with van der Waals surface area (Å²) in [6.07, 6.45) is -5.18. The molecule has 12 aromatic rings. The first-order valence-corrected chi connectivity index (χ1v) is 52.2. The monoisotopic (exact) mass is 2050 g/mol. The highest BCUT2D eigenvalue weighted by Crippen LogP contribution is 2.40. The Bertz CT molecular complexity index is 6610. The second kappa shape index (κ2) is 43.0. The average Bonchev–Trinajstić information content (AvgIpc) is 1.64. The molecule has 0 atom stereocenters. The fraction of sp³-hybridized carbons (Fsp3) is 0.402. The number of benzene rings is 4. The van der Waals surface area contributed by atoms with Crippen LogP contribution in [0.4, 0.5) is 74.2 Å². The van der Waals surface area contributed by atoms with E-state index in [4.69, 9.17) is 34.8 Å². The van der Waals surface area contributed by atoms with Gasteiger partial charge >= 0.3 is 18.5 Å². The molecule has 4 fully saturated rings. The van der Waals surface area contributed by atoms with E-state index in [-0.39, 0.29) is 69.8 Å². The molecule has 12 heterocycles. The molecule has 0 saturated carbocycles. The van der Waals surface area contributed by atoms with Gasteiger partial charge in [-0.1, -0.05) is 96.3 Å². The number of sulfone groups is 1. The maximum atomic E-state index is 13.0. The topological polar surface area (TPSA) is 306 Å². The van der Waals surface area contributed by atoms with Crippen molar-refractivity contribution in [3.05, 3.63) is 197 Å². The number of anilines is 6. The SMILES string of the molecule is CCN(c1ccc(CC(=O)N2CCN(c3ncnc4sc(CC(F)(F)F)cc34)CC2)c(Cl)c1)S(C)(=O)=O.CCc1cc2c(N3CCN(C(=O)Cc4ccccc4)CC3)ncnc2s1.CN(c1ccc(CC(=O)N2CCN(c3ncnc4sc(CC(F)(F)F)cc34)CC2)c(Cl)c1)S(C)(=O)=O.CS(=O)(=O)Cc1ccc(CC(=O)N2CCN(c3ncnc4sc(CC(F)(F)F)cc34)CC2)c(Cl)c1. The number of halogens is 12. The van der Waals surface area contributed by atoms with Crippen molar-refractivity contribution in [2.24, 2.45) is 0 Å². The number of thiophene rings is 4. The third-order valence-corrected chi connectivity index (χ3v) is 31.0. The lowest BCUT2D eigenvalue weighted by molar-refractivity contribution is -0.131. The molecule has 4 aromatic carbocycles. The van der Waals surface area contributed by atoms with E-state index >= 15 is 0 Å².